The number of rotatable bonds is 0. The zero-order valence-electron chi connectivity index (χ0n) is 12.4. The van der Waals surface area contributed by atoms with Gasteiger partial charge in [0.2, 0.25) is 0 Å². The largest absolute Gasteiger partial charge is 0.444 e. The third-order valence-corrected chi connectivity index (χ3v) is 4.30. The van der Waals surface area contributed by atoms with E-state index in [1.165, 1.54) is 0 Å². The van der Waals surface area contributed by atoms with Crippen LogP contribution in [0.3, 0.4) is 0 Å². The first-order valence-corrected chi connectivity index (χ1v) is 7.26. The number of aromatic nitrogens is 1. The second-order valence-corrected chi connectivity index (χ2v) is 6.86. The third-order valence-electron chi connectivity index (χ3n) is 3.37. The highest BCUT2D eigenvalue weighted by Gasteiger charge is 2.31. The van der Waals surface area contributed by atoms with E-state index in [1.54, 1.807) is 16.5 Å². The first-order chi connectivity index (χ1) is 9.11. The van der Waals surface area contributed by atoms with E-state index in [2.05, 4.69) is 15.9 Å². The van der Waals surface area contributed by atoms with Crippen molar-refractivity contribution < 1.29 is 9.53 Å². The van der Waals surface area contributed by atoms with Crippen LogP contribution in [-0.4, -0.2) is 21.2 Å². The summed E-state index contributed by atoms with van der Waals surface area (Å²) in [6, 6.07) is 0. The average Bonchev–Trinajstić information content (AvgIpc) is 2.77. The fourth-order valence-corrected chi connectivity index (χ4v) is 2.78. The van der Waals surface area contributed by atoms with Crippen LogP contribution in [0.1, 0.15) is 37.6 Å². The lowest BCUT2D eigenvalue weighted by atomic mass is 10.1. The molecule has 1 aliphatic rings. The molecular formula is C14H19BrN2O3. The monoisotopic (exact) mass is 342 g/mol. The molecule has 0 radical (unpaired) electrons. The molecule has 1 amide bonds. The van der Waals surface area contributed by atoms with E-state index < -0.39 is 5.60 Å². The van der Waals surface area contributed by atoms with E-state index in [0.717, 1.165) is 16.8 Å². The van der Waals surface area contributed by atoms with Gasteiger partial charge < -0.3 is 9.30 Å². The highest BCUT2D eigenvalue weighted by molar-refractivity contribution is 9.10. The molecule has 2 heterocycles. The molecule has 1 aromatic heterocycles. The van der Waals surface area contributed by atoms with Crippen molar-refractivity contribution >= 4 is 22.0 Å². The summed E-state index contributed by atoms with van der Waals surface area (Å²) >= 11 is 3.32. The fraction of sp³-hybridized carbons (Fsp3) is 0.571. The molecule has 0 spiro atoms. The predicted octanol–water partition coefficient (Wildman–Crippen LogP) is 2.71. The lowest BCUT2D eigenvalue weighted by Crippen LogP contribution is -2.33. The fourth-order valence-electron chi connectivity index (χ4n) is 2.28. The molecular weight excluding hydrogens is 324 g/mol. The topological polar surface area (TPSA) is 51.5 Å². The van der Waals surface area contributed by atoms with Gasteiger partial charge in [-0.05, 0) is 54.8 Å². The summed E-state index contributed by atoms with van der Waals surface area (Å²) in [4.78, 5) is 25.8. The van der Waals surface area contributed by atoms with Crippen LogP contribution in [-0.2, 0) is 24.9 Å². The molecule has 1 aromatic rings. The maximum Gasteiger partial charge on any atom is 0.410 e. The van der Waals surface area contributed by atoms with E-state index >= 15 is 0 Å². The van der Waals surface area contributed by atoms with Gasteiger partial charge >= 0.3 is 6.09 Å². The van der Waals surface area contributed by atoms with Gasteiger partial charge in [-0.3, -0.25) is 9.69 Å². The van der Waals surface area contributed by atoms with E-state index in [4.69, 9.17) is 4.74 Å². The van der Waals surface area contributed by atoms with E-state index in [1.807, 2.05) is 27.7 Å². The summed E-state index contributed by atoms with van der Waals surface area (Å²) in [7, 11) is 1.73. The molecule has 0 bridgehead atoms. The van der Waals surface area contributed by atoms with Gasteiger partial charge in [0.05, 0.1) is 17.6 Å². The number of halogens is 1. The van der Waals surface area contributed by atoms with Gasteiger partial charge in [0, 0.05) is 12.7 Å². The summed E-state index contributed by atoms with van der Waals surface area (Å²) < 4.78 is 7.53. The SMILES string of the molecule is Cc1c2c(n(C)c(=O)c1Br)CN(C(=O)OC(C)(C)C)C2. The number of ether oxygens (including phenoxy) is 1. The first kappa shape index (κ1) is 15.1. The lowest BCUT2D eigenvalue weighted by Gasteiger charge is -2.24. The van der Waals surface area contributed by atoms with Crippen molar-refractivity contribution in [2.75, 3.05) is 0 Å². The van der Waals surface area contributed by atoms with Crippen LogP contribution in [0.4, 0.5) is 4.79 Å². The van der Waals surface area contributed by atoms with Gasteiger partial charge in [-0.1, -0.05) is 0 Å². The number of hydrogen-bond donors (Lipinski definition) is 0. The molecule has 0 N–H and O–H groups in total. The second kappa shape index (κ2) is 4.91. The zero-order chi connectivity index (χ0) is 15.2. The van der Waals surface area contributed by atoms with E-state index in [9.17, 15) is 9.59 Å². The first-order valence-electron chi connectivity index (χ1n) is 6.46. The molecule has 0 fully saturated rings. The number of nitrogens with zero attached hydrogens (tertiary/aromatic N) is 2. The van der Waals surface area contributed by atoms with Crippen LogP contribution in [0.25, 0.3) is 0 Å². The maximum absolute atomic E-state index is 12.1. The number of carbonyl (C=O) groups is 1. The Balaban J connectivity index is 2.33. The Morgan fingerprint density at radius 3 is 2.45 bits per heavy atom. The highest BCUT2D eigenvalue weighted by atomic mass is 79.9. The molecule has 20 heavy (non-hydrogen) atoms. The zero-order valence-corrected chi connectivity index (χ0v) is 14.0. The summed E-state index contributed by atoms with van der Waals surface area (Å²) in [5.41, 5.74) is 2.20. The van der Waals surface area contributed by atoms with Crippen LogP contribution in [0.2, 0.25) is 0 Å². The quantitative estimate of drug-likeness (QED) is 0.728. The summed E-state index contributed by atoms with van der Waals surface area (Å²) in [6.45, 7) is 8.29. The predicted molar refractivity (Wildman–Crippen MR) is 79.6 cm³/mol. The smallest absolute Gasteiger partial charge is 0.410 e. The Hall–Kier alpha value is -1.30. The van der Waals surface area contributed by atoms with Crippen LogP contribution in [0, 0.1) is 6.92 Å². The minimum absolute atomic E-state index is 0.0766. The second-order valence-electron chi connectivity index (χ2n) is 6.06. The molecule has 0 aliphatic carbocycles. The van der Waals surface area contributed by atoms with Gasteiger partial charge in [0.15, 0.2) is 0 Å². The van der Waals surface area contributed by atoms with Gasteiger partial charge in [0.25, 0.3) is 5.56 Å². The van der Waals surface area contributed by atoms with Gasteiger partial charge in [-0.2, -0.15) is 0 Å². The normalized spacial score (nSPS) is 14.4. The van der Waals surface area contributed by atoms with Crippen molar-refractivity contribution in [3.05, 3.63) is 31.6 Å². The molecule has 1 aliphatic heterocycles. The Morgan fingerprint density at radius 2 is 1.90 bits per heavy atom. The van der Waals surface area contributed by atoms with E-state index in [-0.39, 0.29) is 11.7 Å². The van der Waals surface area contributed by atoms with Gasteiger partial charge in [0.1, 0.15) is 5.60 Å². The molecule has 0 atom stereocenters. The van der Waals surface area contributed by atoms with Crippen molar-refractivity contribution in [2.24, 2.45) is 7.05 Å². The van der Waals surface area contributed by atoms with Crippen molar-refractivity contribution in [2.45, 2.75) is 46.4 Å². The van der Waals surface area contributed by atoms with Gasteiger partial charge in [-0.15, -0.1) is 0 Å². The molecule has 6 heteroatoms. The lowest BCUT2D eigenvalue weighted by molar-refractivity contribution is 0.0240. The van der Waals surface area contributed by atoms with Crippen molar-refractivity contribution in [1.82, 2.24) is 9.47 Å². The van der Waals surface area contributed by atoms with Crippen LogP contribution >= 0.6 is 15.9 Å². The van der Waals surface area contributed by atoms with E-state index in [0.29, 0.717) is 17.6 Å². The summed E-state index contributed by atoms with van der Waals surface area (Å²) in [6.07, 6.45) is -0.350. The standard InChI is InChI=1S/C14H19BrN2O3/c1-8-9-6-17(13(19)20-14(2,3)4)7-10(9)16(5)12(18)11(8)15/h6-7H2,1-5H3. The van der Waals surface area contributed by atoms with Crippen molar-refractivity contribution in [3.8, 4) is 0 Å². The average molecular weight is 343 g/mol. The number of hydrogen-bond acceptors (Lipinski definition) is 3. The maximum atomic E-state index is 12.1. The van der Waals surface area contributed by atoms with Crippen molar-refractivity contribution in [1.29, 1.82) is 0 Å². The third kappa shape index (κ3) is 2.61. The van der Waals surface area contributed by atoms with Crippen molar-refractivity contribution in [3.63, 3.8) is 0 Å². The Labute approximate surface area is 126 Å². The summed E-state index contributed by atoms with van der Waals surface area (Å²) in [5.74, 6) is 0. The minimum atomic E-state index is -0.520. The van der Waals surface area contributed by atoms with Crippen LogP contribution < -0.4 is 5.56 Å². The van der Waals surface area contributed by atoms with Crippen LogP contribution in [0.5, 0.6) is 0 Å². The molecule has 0 unspecified atom stereocenters. The Morgan fingerprint density at radius 1 is 1.30 bits per heavy atom. The van der Waals surface area contributed by atoms with Gasteiger partial charge in [-0.25, -0.2) is 4.79 Å². The Bertz CT molecular complexity index is 629. The molecule has 0 aromatic carbocycles. The summed E-state index contributed by atoms with van der Waals surface area (Å²) in [5, 5.41) is 0. The number of amides is 1. The molecule has 110 valence electrons. The highest BCUT2D eigenvalue weighted by Crippen LogP contribution is 2.28. The molecule has 0 saturated heterocycles. The number of pyridine rings is 1. The number of carbonyl (C=O) groups excluding carboxylic acids is 1. The molecule has 5 nitrogen and oxygen atoms in total. The van der Waals surface area contributed by atoms with Crippen LogP contribution in [0.15, 0.2) is 9.27 Å². The molecule has 2 rings (SSSR count). The number of fused-ring (bicyclic) bond motifs is 1. The molecule has 0 saturated carbocycles. The Kier molecular flexibility index (Phi) is 3.71. The minimum Gasteiger partial charge on any atom is -0.444 e.